The highest BCUT2D eigenvalue weighted by atomic mass is 16.2. The zero-order valence-corrected chi connectivity index (χ0v) is 18.2. The Kier molecular flexibility index (Phi) is 8.40. The van der Waals surface area contributed by atoms with E-state index in [4.69, 9.17) is 0 Å². The first-order valence-corrected chi connectivity index (χ1v) is 10.4. The van der Waals surface area contributed by atoms with Gasteiger partial charge in [-0.15, -0.1) is 0 Å². The molecule has 0 aliphatic heterocycles. The lowest BCUT2D eigenvalue weighted by Crippen LogP contribution is -2.93. The number of nitrogens with two attached hydrogens (primary N) is 1. The van der Waals surface area contributed by atoms with Crippen molar-refractivity contribution in [1.82, 2.24) is 0 Å². The van der Waals surface area contributed by atoms with E-state index in [0.717, 1.165) is 18.5 Å². The fourth-order valence-corrected chi connectivity index (χ4v) is 3.41. The molecule has 0 fully saturated rings. The smallest absolute Gasteiger partial charge is 0.282 e. The van der Waals surface area contributed by atoms with Crippen molar-refractivity contribution in [1.29, 1.82) is 0 Å². The predicted octanol–water partition coefficient (Wildman–Crippen LogP) is 3.89. The molecule has 0 aromatic heterocycles. The summed E-state index contributed by atoms with van der Waals surface area (Å²) in [5, 5.41) is 7.82. The third-order valence-corrected chi connectivity index (χ3v) is 5.00. The number of hydrogen-bond donors (Lipinski definition) is 3. The highest BCUT2D eigenvalue weighted by Crippen LogP contribution is 2.19. The molecule has 2 aromatic carbocycles. The number of rotatable bonds is 9. The van der Waals surface area contributed by atoms with E-state index in [1.807, 2.05) is 6.92 Å². The average molecular weight is 397 g/mol. The Morgan fingerprint density at radius 2 is 1.45 bits per heavy atom. The molecule has 29 heavy (non-hydrogen) atoms. The van der Waals surface area contributed by atoms with Crippen LogP contribution in [0.2, 0.25) is 0 Å². The van der Waals surface area contributed by atoms with E-state index in [1.54, 1.807) is 24.3 Å². The third kappa shape index (κ3) is 7.02. The minimum absolute atomic E-state index is 0.0365. The Morgan fingerprint density at radius 1 is 0.897 bits per heavy atom. The minimum Gasteiger partial charge on any atom is -0.330 e. The van der Waals surface area contributed by atoms with E-state index in [0.29, 0.717) is 11.6 Å². The molecule has 5 heteroatoms. The van der Waals surface area contributed by atoms with Crippen LogP contribution in [0, 0.1) is 5.92 Å². The largest absolute Gasteiger partial charge is 0.330 e. The van der Waals surface area contributed by atoms with E-state index >= 15 is 0 Å². The summed E-state index contributed by atoms with van der Waals surface area (Å²) in [5.74, 6) is 0.247. The molecule has 2 amide bonds. The second kappa shape index (κ2) is 10.8. The number of benzene rings is 2. The van der Waals surface area contributed by atoms with Crippen LogP contribution in [0.15, 0.2) is 48.5 Å². The van der Waals surface area contributed by atoms with Crippen molar-refractivity contribution in [2.75, 3.05) is 10.6 Å². The van der Waals surface area contributed by atoms with Gasteiger partial charge < -0.3 is 16.0 Å². The molecular weight excluding hydrogens is 362 g/mol. The van der Waals surface area contributed by atoms with E-state index in [2.05, 4.69) is 61.0 Å². The van der Waals surface area contributed by atoms with Crippen molar-refractivity contribution in [3.8, 4) is 0 Å². The summed E-state index contributed by atoms with van der Waals surface area (Å²) in [4.78, 5) is 23.8. The zero-order valence-electron chi connectivity index (χ0n) is 18.2. The van der Waals surface area contributed by atoms with Gasteiger partial charge in [0.25, 0.3) is 5.91 Å². The number of aryl methyl sites for hydroxylation is 1. The van der Waals surface area contributed by atoms with Crippen LogP contribution in [0.25, 0.3) is 0 Å². The number of hydrogen-bond acceptors (Lipinski definition) is 2. The topological polar surface area (TPSA) is 74.8 Å². The van der Waals surface area contributed by atoms with Gasteiger partial charge in [0.1, 0.15) is 6.04 Å². The molecular formula is C24H34N3O2+. The van der Waals surface area contributed by atoms with Crippen LogP contribution in [-0.2, 0) is 16.0 Å². The van der Waals surface area contributed by atoms with Crippen molar-refractivity contribution in [3.05, 3.63) is 59.7 Å². The van der Waals surface area contributed by atoms with Crippen LogP contribution >= 0.6 is 0 Å². The molecule has 0 radical (unpaired) electrons. The van der Waals surface area contributed by atoms with E-state index in [1.165, 1.54) is 18.1 Å². The number of quaternary nitrogens is 1. The van der Waals surface area contributed by atoms with Crippen molar-refractivity contribution in [2.24, 2.45) is 5.92 Å². The van der Waals surface area contributed by atoms with Crippen molar-refractivity contribution < 1.29 is 14.9 Å². The minimum atomic E-state index is -0.229. The Labute approximate surface area is 174 Å². The van der Waals surface area contributed by atoms with Crippen LogP contribution in [0.5, 0.6) is 0 Å². The summed E-state index contributed by atoms with van der Waals surface area (Å²) in [5.41, 5.74) is 4.03. The summed E-state index contributed by atoms with van der Waals surface area (Å²) in [6, 6.07) is 15.9. The molecule has 0 aliphatic carbocycles. The Bertz CT molecular complexity index is 798. The molecule has 5 nitrogen and oxygen atoms in total. The van der Waals surface area contributed by atoms with Crippen molar-refractivity contribution >= 4 is 23.2 Å². The van der Waals surface area contributed by atoms with Gasteiger partial charge in [-0.3, -0.25) is 9.59 Å². The van der Waals surface area contributed by atoms with Gasteiger partial charge >= 0.3 is 0 Å². The first-order chi connectivity index (χ1) is 13.8. The number of carbonyl (C=O) groups is 2. The van der Waals surface area contributed by atoms with Gasteiger partial charge in [-0.05, 0) is 43.2 Å². The monoisotopic (exact) mass is 396 g/mol. The van der Waals surface area contributed by atoms with Gasteiger partial charge in [-0.25, -0.2) is 0 Å². The molecule has 0 unspecified atom stereocenters. The summed E-state index contributed by atoms with van der Waals surface area (Å²) in [7, 11) is 0. The maximum Gasteiger partial charge on any atom is 0.282 e. The molecule has 2 rings (SSSR count). The third-order valence-electron chi connectivity index (χ3n) is 5.00. The zero-order chi connectivity index (χ0) is 21.4. The lowest BCUT2D eigenvalue weighted by atomic mass is 9.94. The normalized spacial score (nSPS) is 13.0. The van der Waals surface area contributed by atoms with Crippen molar-refractivity contribution in [3.63, 3.8) is 0 Å². The average Bonchev–Trinajstić information content (AvgIpc) is 2.68. The van der Waals surface area contributed by atoms with Gasteiger partial charge in [0.2, 0.25) is 5.91 Å². The van der Waals surface area contributed by atoms with Crippen LogP contribution < -0.4 is 16.0 Å². The fraction of sp³-hybridized carbons (Fsp3) is 0.417. The Balaban J connectivity index is 2.00. The fourth-order valence-electron chi connectivity index (χ4n) is 3.41. The maximum absolute atomic E-state index is 12.7. The summed E-state index contributed by atoms with van der Waals surface area (Å²) in [6.07, 6.45) is 2.23. The van der Waals surface area contributed by atoms with Crippen LogP contribution in [0.4, 0.5) is 11.4 Å². The number of nitrogens with one attached hydrogen (secondary N) is 2. The molecule has 0 saturated heterocycles. The maximum atomic E-state index is 12.7. The van der Waals surface area contributed by atoms with Gasteiger partial charge in [0, 0.05) is 29.8 Å². The Hall–Kier alpha value is -2.66. The predicted molar refractivity (Wildman–Crippen MR) is 119 cm³/mol. The van der Waals surface area contributed by atoms with Gasteiger partial charge in [-0.2, -0.15) is 0 Å². The molecule has 0 aliphatic rings. The number of carbonyl (C=O) groups excluding carboxylic acids is 2. The second-order valence-corrected chi connectivity index (χ2v) is 7.99. The van der Waals surface area contributed by atoms with Gasteiger partial charge in [0.05, 0.1) is 0 Å². The van der Waals surface area contributed by atoms with E-state index < -0.39 is 0 Å². The van der Waals surface area contributed by atoms with Crippen LogP contribution in [0.1, 0.15) is 58.2 Å². The van der Waals surface area contributed by atoms with Crippen LogP contribution in [0.3, 0.4) is 0 Å². The Morgan fingerprint density at radius 3 is 1.93 bits per heavy atom. The lowest BCUT2D eigenvalue weighted by Gasteiger charge is -2.23. The summed E-state index contributed by atoms with van der Waals surface area (Å²) >= 11 is 0. The molecule has 2 atom stereocenters. The standard InChI is InChI=1S/C24H33N3O2/c1-6-7-19-8-10-20(11-9-19)23(16(2)3)25-17(4)24(29)27-22-14-12-21(13-15-22)26-18(5)28/h8-17,23,25H,6-7H2,1-5H3,(H,26,28)(H,27,29)/p+1/t17-,23+/m1/s1. The highest BCUT2D eigenvalue weighted by molar-refractivity contribution is 5.94. The SMILES string of the molecule is CCCc1ccc([C@@H]([NH2+][C@H](C)C(=O)Nc2ccc(NC(C)=O)cc2)C(C)C)cc1. The summed E-state index contributed by atoms with van der Waals surface area (Å²) < 4.78 is 0. The molecule has 0 bridgehead atoms. The van der Waals surface area contributed by atoms with Crippen LogP contribution in [-0.4, -0.2) is 17.9 Å². The first-order valence-electron chi connectivity index (χ1n) is 10.4. The molecule has 0 heterocycles. The van der Waals surface area contributed by atoms with E-state index in [-0.39, 0.29) is 23.9 Å². The molecule has 0 saturated carbocycles. The van der Waals surface area contributed by atoms with Gasteiger partial charge in [-0.1, -0.05) is 51.5 Å². The van der Waals surface area contributed by atoms with Crippen molar-refractivity contribution in [2.45, 2.75) is 59.5 Å². The quantitative estimate of drug-likeness (QED) is 0.602. The summed E-state index contributed by atoms with van der Waals surface area (Å²) in [6.45, 7) is 9.96. The highest BCUT2D eigenvalue weighted by Gasteiger charge is 2.26. The molecule has 156 valence electrons. The second-order valence-electron chi connectivity index (χ2n) is 7.99. The van der Waals surface area contributed by atoms with E-state index in [9.17, 15) is 9.59 Å². The number of anilines is 2. The molecule has 0 spiro atoms. The lowest BCUT2D eigenvalue weighted by molar-refractivity contribution is -0.718. The first kappa shape index (κ1) is 22.6. The number of amides is 2. The van der Waals surface area contributed by atoms with Gasteiger partial charge in [0.15, 0.2) is 6.04 Å². The molecule has 2 aromatic rings. The molecule has 4 N–H and O–H groups in total.